The van der Waals surface area contributed by atoms with Gasteiger partial charge in [-0.3, -0.25) is 10.00 Å². The van der Waals surface area contributed by atoms with Gasteiger partial charge in [-0.2, -0.15) is 5.10 Å². The summed E-state index contributed by atoms with van der Waals surface area (Å²) in [5.41, 5.74) is 1.18. The van der Waals surface area contributed by atoms with Crippen LogP contribution in [-0.2, 0) is 0 Å². The Kier molecular flexibility index (Phi) is 3.44. The number of nitrogens with zero attached hydrogens (tertiary/aromatic N) is 2. The fourth-order valence-corrected chi connectivity index (χ4v) is 1.53. The molecule has 0 radical (unpaired) electrons. The van der Waals surface area contributed by atoms with Crippen LogP contribution >= 0.6 is 0 Å². The van der Waals surface area contributed by atoms with E-state index in [1.807, 2.05) is 56.0 Å². The number of ether oxygens (including phenoxy) is 1. The molecule has 0 aliphatic rings. The third kappa shape index (κ3) is 2.85. The van der Waals surface area contributed by atoms with Crippen molar-refractivity contribution in [2.24, 2.45) is 0 Å². The van der Waals surface area contributed by atoms with Gasteiger partial charge in [0.25, 0.3) is 0 Å². The molecule has 0 bridgehead atoms. The van der Waals surface area contributed by atoms with Gasteiger partial charge in [0.05, 0.1) is 18.6 Å². The summed E-state index contributed by atoms with van der Waals surface area (Å²) in [6, 6.07) is 7.95. The van der Waals surface area contributed by atoms with E-state index in [4.69, 9.17) is 4.74 Å². The van der Waals surface area contributed by atoms with Crippen molar-refractivity contribution in [3.05, 3.63) is 42.2 Å². The van der Waals surface area contributed by atoms with Crippen molar-refractivity contribution in [1.82, 2.24) is 15.1 Å². The van der Waals surface area contributed by atoms with Crippen molar-refractivity contribution in [3.8, 4) is 11.5 Å². The molecular formula is C13H17N3O. The Balaban J connectivity index is 2.11. The molecule has 0 spiro atoms. The number of benzene rings is 1. The highest BCUT2D eigenvalue weighted by Crippen LogP contribution is 2.21. The quantitative estimate of drug-likeness (QED) is 0.879. The SMILES string of the molecule is CNC(C)n1cc(Oc2cccc(C)c2)cn1. The van der Waals surface area contributed by atoms with Crippen LogP contribution < -0.4 is 10.1 Å². The van der Waals surface area contributed by atoms with Gasteiger partial charge in [0.15, 0.2) is 5.75 Å². The summed E-state index contributed by atoms with van der Waals surface area (Å²) < 4.78 is 7.55. The minimum absolute atomic E-state index is 0.157. The first-order chi connectivity index (χ1) is 8.19. The first kappa shape index (κ1) is 11.7. The maximum Gasteiger partial charge on any atom is 0.165 e. The Morgan fingerprint density at radius 3 is 2.88 bits per heavy atom. The molecule has 0 aliphatic heterocycles. The van der Waals surface area contributed by atoms with Crippen LogP contribution in [0.4, 0.5) is 0 Å². The van der Waals surface area contributed by atoms with Gasteiger partial charge in [0.1, 0.15) is 5.75 Å². The van der Waals surface area contributed by atoms with E-state index < -0.39 is 0 Å². The zero-order chi connectivity index (χ0) is 12.3. The molecule has 1 unspecified atom stereocenters. The van der Waals surface area contributed by atoms with E-state index in [0.717, 1.165) is 11.5 Å². The second-order valence-electron chi connectivity index (χ2n) is 4.04. The molecule has 17 heavy (non-hydrogen) atoms. The highest BCUT2D eigenvalue weighted by atomic mass is 16.5. The van der Waals surface area contributed by atoms with Crippen LogP contribution in [0.3, 0.4) is 0 Å². The average Bonchev–Trinajstić information content (AvgIpc) is 2.76. The molecular weight excluding hydrogens is 214 g/mol. The summed E-state index contributed by atoms with van der Waals surface area (Å²) in [5, 5.41) is 7.35. The lowest BCUT2D eigenvalue weighted by atomic mass is 10.2. The average molecular weight is 231 g/mol. The van der Waals surface area contributed by atoms with Gasteiger partial charge in [-0.05, 0) is 38.6 Å². The van der Waals surface area contributed by atoms with Gasteiger partial charge in [-0.25, -0.2) is 0 Å². The second-order valence-corrected chi connectivity index (χ2v) is 4.04. The van der Waals surface area contributed by atoms with E-state index in [0.29, 0.717) is 0 Å². The number of hydrogen-bond acceptors (Lipinski definition) is 3. The van der Waals surface area contributed by atoms with Gasteiger partial charge in [-0.15, -0.1) is 0 Å². The van der Waals surface area contributed by atoms with Crippen LogP contribution in [0.5, 0.6) is 11.5 Å². The zero-order valence-corrected chi connectivity index (χ0v) is 10.3. The van der Waals surface area contributed by atoms with Crippen molar-refractivity contribution in [1.29, 1.82) is 0 Å². The molecule has 0 fully saturated rings. The van der Waals surface area contributed by atoms with Gasteiger partial charge in [0, 0.05) is 0 Å². The van der Waals surface area contributed by atoms with Crippen molar-refractivity contribution < 1.29 is 4.74 Å². The first-order valence-corrected chi connectivity index (χ1v) is 5.65. The van der Waals surface area contributed by atoms with Crippen LogP contribution in [0.2, 0.25) is 0 Å². The number of rotatable bonds is 4. The summed E-state index contributed by atoms with van der Waals surface area (Å²) in [5.74, 6) is 1.58. The fourth-order valence-electron chi connectivity index (χ4n) is 1.53. The van der Waals surface area contributed by atoms with Gasteiger partial charge >= 0.3 is 0 Å². The lowest BCUT2D eigenvalue weighted by Gasteiger charge is -2.09. The van der Waals surface area contributed by atoms with Crippen molar-refractivity contribution in [2.45, 2.75) is 20.0 Å². The first-order valence-electron chi connectivity index (χ1n) is 5.65. The molecule has 90 valence electrons. The lowest BCUT2D eigenvalue weighted by molar-refractivity contribution is 0.428. The Morgan fingerprint density at radius 2 is 2.18 bits per heavy atom. The third-order valence-electron chi connectivity index (χ3n) is 2.62. The van der Waals surface area contributed by atoms with Gasteiger partial charge < -0.3 is 4.74 Å². The number of nitrogens with one attached hydrogen (secondary N) is 1. The topological polar surface area (TPSA) is 39.1 Å². The predicted molar refractivity (Wildman–Crippen MR) is 67.3 cm³/mol. The predicted octanol–water partition coefficient (Wildman–Crippen LogP) is 2.72. The summed E-state index contributed by atoms with van der Waals surface area (Å²) in [7, 11) is 1.90. The zero-order valence-electron chi connectivity index (χ0n) is 10.3. The maximum atomic E-state index is 5.72. The van der Waals surface area contributed by atoms with Gasteiger partial charge in [-0.1, -0.05) is 12.1 Å². The van der Waals surface area contributed by atoms with Crippen LogP contribution in [0.25, 0.3) is 0 Å². The minimum atomic E-state index is 0.157. The minimum Gasteiger partial charge on any atom is -0.454 e. The summed E-state index contributed by atoms with van der Waals surface area (Å²) in [6.45, 7) is 4.07. The highest BCUT2D eigenvalue weighted by Gasteiger charge is 2.05. The van der Waals surface area contributed by atoms with Crippen LogP contribution in [0.1, 0.15) is 18.7 Å². The standard InChI is InChI=1S/C13H17N3O/c1-10-5-4-6-12(7-10)17-13-8-15-16(9-13)11(2)14-3/h4-9,11,14H,1-3H3. The molecule has 2 aromatic rings. The Morgan fingerprint density at radius 1 is 1.35 bits per heavy atom. The highest BCUT2D eigenvalue weighted by molar-refractivity contribution is 5.31. The van der Waals surface area contributed by atoms with E-state index in [1.165, 1.54) is 5.56 Å². The van der Waals surface area contributed by atoms with Gasteiger partial charge in [0.2, 0.25) is 0 Å². The van der Waals surface area contributed by atoms with Crippen LogP contribution in [0, 0.1) is 6.92 Å². The molecule has 1 aromatic carbocycles. The number of aromatic nitrogens is 2. The molecule has 2 rings (SSSR count). The van der Waals surface area contributed by atoms with E-state index in [1.54, 1.807) is 6.20 Å². The summed E-state index contributed by atoms with van der Waals surface area (Å²) >= 11 is 0. The van der Waals surface area contributed by atoms with Crippen molar-refractivity contribution in [3.63, 3.8) is 0 Å². The van der Waals surface area contributed by atoms with Crippen LogP contribution in [0.15, 0.2) is 36.7 Å². The summed E-state index contributed by atoms with van der Waals surface area (Å²) in [6.07, 6.45) is 3.75. The lowest BCUT2D eigenvalue weighted by Crippen LogP contribution is -2.19. The number of aryl methyl sites for hydroxylation is 1. The van der Waals surface area contributed by atoms with E-state index >= 15 is 0 Å². The molecule has 0 amide bonds. The van der Waals surface area contributed by atoms with Crippen molar-refractivity contribution in [2.75, 3.05) is 7.05 Å². The van der Waals surface area contributed by atoms with Crippen molar-refractivity contribution >= 4 is 0 Å². The van der Waals surface area contributed by atoms with Crippen LogP contribution in [-0.4, -0.2) is 16.8 Å². The molecule has 0 aliphatic carbocycles. The molecule has 1 heterocycles. The van der Waals surface area contributed by atoms with E-state index in [-0.39, 0.29) is 6.17 Å². The Hall–Kier alpha value is -1.81. The molecule has 1 N–H and O–H groups in total. The van der Waals surface area contributed by atoms with E-state index in [9.17, 15) is 0 Å². The fraction of sp³-hybridized carbons (Fsp3) is 0.308. The second kappa shape index (κ2) is 5.01. The molecule has 1 aromatic heterocycles. The molecule has 4 heteroatoms. The normalized spacial score (nSPS) is 12.4. The molecule has 0 saturated heterocycles. The Bertz CT molecular complexity index is 493. The third-order valence-corrected chi connectivity index (χ3v) is 2.62. The largest absolute Gasteiger partial charge is 0.454 e. The molecule has 4 nitrogen and oxygen atoms in total. The smallest absolute Gasteiger partial charge is 0.165 e. The molecule has 0 saturated carbocycles. The Labute approximate surface area is 101 Å². The molecule has 1 atom stereocenters. The summed E-state index contributed by atoms with van der Waals surface area (Å²) in [4.78, 5) is 0. The number of hydrogen-bond donors (Lipinski definition) is 1. The monoisotopic (exact) mass is 231 g/mol. The maximum absolute atomic E-state index is 5.72. The van der Waals surface area contributed by atoms with E-state index in [2.05, 4.69) is 10.4 Å².